The molecule has 1 saturated carbocycles. The Balaban J connectivity index is 2.99. The molecule has 1 aliphatic rings. The van der Waals surface area contributed by atoms with Gasteiger partial charge in [0.25, 0.3) is 5.79 Å². The van der Waals surface area contributed by atoms with E-state index in [1.165, 1.54) is 13.8 Å². The zero-order chi connectivity index (χ0) is 24.4. The monoisotopic (exact) mass is 471 g/mol. The van der Waals surface area contributed by atoms with Crippen molar-refractivity contribution in [3.8, 4) is 0 Å². The summed E-state index contributed by atoms with van der Waals surface area (Å²) in [6, 6.07) is 1.74. The second-order valence-electron chi connectivity index (χ2n) is 8.05. The summed E-state index contributed by atoms with van der Waals surface area (Å²) >= 11 is 5.79. The summed E-state index contributed by atoms with van der Waals surface area (Å²) in [5, 5.41) is 121. The summed E-state index contributed by atoms with van der Waals surface area (Å²) in [4.78, 5) is -0.688. The number of benzene rings is 1. The predicted octanol–water partition coefficient (Wildman–Crippen LogP) is -4.47. The first kappa shape index (κ1) is 26.2. The number of aliphatic hydroxyl groups is 12. The number of hydrogen-bond acceptors (Lipinski definition) is 13. The van der Waals surface area contributed by atoms with E-state index in [0.717, 1.165) is 24.3 Å². The fourth-order valence-corrected chi connectivity index (χ4v) is 4.41. The van der Waals surface area contributed by atoms with Crippen LogP contribution in [0.2, 0.25) is 5.02 Å². The second-order valence-corrected chi connectivity index (χ2v) is 8.48. The molecule has 0 aliphatic heterocycles. The smallest absolute Gasteiger partial charge is 0.352 e. The Morgan fingerprint density at radius 1 is 0.774 bits per heavy atom. The molecule has 12 N–H and O–H groups in total. The molecule has 1 aromatic carbocycles. The van der Waals surface area contributed by atoms with Crippen molar-refractivity contribution < 1.29 is 61.3 Å². The molecular formula is C17H26ClNO12. The van der Waals surface area contributed by atoms with Gasteiger partial charge in [0.15, 0.2) is 0 Å². The highest BCUT2D eigenvalue weighted by Crippen LogP contribution is 2.65. The lowest BCUT2D eigenvalue weighted by Gasteiger charge is -2.70. The molecule has 31 heavy (non-hydrogen) atoms. The maximum atomic E-state index is 10.7. The quantitative estimate of drug-likeness (QED) is 0.168. The van der Waals surface area contributed by atoms with Crippen LogP contribution in [0.15, 0.2) is 24.3 Å². The van der Waals surface area contributed by atoms with Gasteiger partial charge in [0.2, 0.25) is 11.6 Å². The Hall–Kier alpha value is -1.01. The van der Waals surface area contributed by atoms with Crippen molar-refractivity contribution in [3.63, 3.8) is 0 Å². The van der Waals surface area contributed by atoms with Gasteiger partial charge in [0.1, 0.15) is 5.41 Å². The van der Waals surface area contributed by atoms with Crippen LogP contribution in [0.25, 0.3) is 0 Å². The van der Waals surface area contributed by atoms with Gasteiger partial charge in [-0.3, -0.25) is 0 Å². The minimum absolute atomic E-state index is 0.0688. The van der Waals surface area contributed by atoms with Gasteiger partial charge in [-0.25, -0.2) is 0 Å². The summed E-state index contributed by atoms with van der Waals surface area (Å²) in [6.07, 6.45) is -9.28. The van der Waals surface area contributed by atoms with E-state index in [4.69, 9.17) is 11.6 Å². The van der Waals surface area contributed by atoms with Crippen LogP contribution in [0, 0.1) is 5.92 Å². The predicted molar refractivity (Wildman–Crippen MR) is 98.5 cm³/mol. The first-order valence-electron chi connectivity index (χ1n) is 8.91. The molecule has 1 atom stereocenters. The molecule has 0 bridgehead atoms. The summed E-state index contributed by atoms with van der Waals surface area (Å²) in [6.45, 7) is 2.89. The molecule has 178 valence electrons. The van der Waals surface area contributed by atoms with Gasteiger partial charge in [0, 0.05) is 11.1 Å². The van der Waals surface area contributed by atoms with E-state index in [1.807, 2.05) is 0 Å². The highest BCUT2D eigenvalue weighted by atomic mass is 35.5. The number of hydrogen-bond donors (Lipinski definition) is 12. The molecule has 14 heteroatoms. The van der Waals surface area contributed by atoms with Crippen LogP contribution in [0.5, 0.6) is 0 Å². The molecule has 0 amide bonds. The lowest BCUT2D eigenvalue weighted by Crippen LogP contribution is -2.98. The average Bonchev–Trinajstić information content (AvgIpc) is 2.52. The Bertz CT molecular complexity index is 765. The van der Waals surface area contributed by atoms with E-state index in [1.54, 1.807) is 0 Å². The maximum absolute atomic E-state index is 10.7. The van der Waals surface area contributed by atoms with E-state index in [-0.39, 0.29) is 5.02 Å². The van der Waals surface area contributed by atoms with Gasteiger partial charge in [0.05, 0.1) is 0 Å². The van der Waals surface area contributed by atoms with Crippen molar-refractivity contribution in [3.05, 3.63) is 34.9 Å². The SMILES string of the molecule is CC(C)CC(N(C(O)(O)O)C(O)(O)O)C1(c2ccc(Cl)cc2)C(O)(O)C(O)(O)C1(O)O. The van der Waals surface area contributed by atoms with Crippen LogP contribution < -0.4 is 0 Å². The third kappa shape index (κ3) is 3.56. The minimum atomic E-state index is -4.31. The summed E-state index contributed by atoms with van der Waals surface area (Å²) in [5.41, 5.74) is -3.80. The lowest BCUT2D eigenvalue weighted by molar-refractivity contribution is -0.591. The molecular weight excluding hydrogens is 446 g/mol. The summed E-state index contributed by atoms with van der Waals surface area (Å²) < 4.78 is 0. The molecule has 1 aliphatic carbocycles. The van der Waals surface area contributed by atoms with E-state index in [2.05, 4.69) is 0 Å². The fourth-order valence-electron chi connectivity index (χ4n) is 4.29. The van der Waals surface area contributed by atoms with Crippen LogP contribution in [-0.4, -0.2) is 102 Å². The minimum Gasteiger partial charge on any atom is -0.360 e. The topological polar surface area (TPSA) is 246 Å². The molecule has 0 radical (unpaired) electrons. The zero-order valence-corrected chi connectivity index (χ0v) is 17.1. The van der Waals surface area contributed by atoms with Gasteiger partial charge in [-0.1, -0.05) is 37.6 Å². The van der Waals surface area contributed by atoms with Crippen molar-refractivity contribution in [1.82, 2.24) is 4.90 Å². The highest BCUT2D eigenvalue weighted by molar-refractivity contribution is 6.30. The third-order valence-electron chi connectivity index (χ3n) is 5.52. The zero-order valence-electron chi connectivity index (χ0n) is 16.4. The van der Waals surface area contributed by atoms with Gasteiger partial charge in [-0.15, -0.1) is 4.90 Å². The van der Waals surface area contributed by atoms with Crippen molar-refractivity contribution in [2.24, 2.45) is 5.92 Å². The van der Waals surface area contributed by atoms with Gasteiger partial charge in [-0.2, -0.15) is 0 Å². The fraction of sp³-hybridized carbons (Fsp3) is 0.647. The normalized spacial score (nSPS) is 23.0. The van der Waals surface area contributed by atoms with Crippen LogP contribution in [0.3, 0.4) is 0 Å². The second kappa shape index (κ2) is 7.51. The van der Waals surface area contributed by atoms with Crippen LogP contribution in [-0.2, 0) is 5.41 Å². The first-order chi connectivity index (χ1) is 13.7. The molecule has 1 aromatic rings. The standard InChI is InChI=1S/C17H26ClNO12/c1-8(2)7-11(19(16(26,27)28)17(29,30)31)12(9-3-5-10(18)6-4-9)13(20,21)15(24,25)14(12,22)23/h3-6,8,11,20-31H,7H2,1-2H3. The van der Waals surface area contributed by atoms with Crippen molar-refractivity contribution in [1.29, 1.82) is 0 Å². The first-order valence-corrected chi connectivity index (χ1v) is 9.29. The Morgan fingerprint density at radius 2 is 1.16 bits per heavy atom. The number of halogens is 1. The van der Waals surface area contributed by atoms with Crippen molar-refractivity contribution in [2.75, 3.05) is 0 Å². The average molecular weight is 472 g/mol. The van der Waals surface area contributed by atoms with E-state index >= 15 is 0 Å². The highest BCUT2D eigenvalue weighted by Gasteiger charge is 2.92. The van der Waals surface area contributed by atoms with Crippen LogP contribution in [0.1, 0.15) is 25.8 Å². The van der Waals surface area contributed by atoms with Gasteiger partial charge < -0.3 is 61.3 Å². The Morgan fingerprint density at radius 3 is 1.48 bits per heavy atom. The Labute approximate surface area is 180 Å². The van der Waals surface area contributed by atoms with E-state index in [9.17, 15) is 61.3 Å². The summed E-state index contributed by atoms with van der Waals surface area (Å²) in [5.74, 6) is -12.6. The van der Waals surface area contributed by atoms with Crippen LogP contribution >= 0.6 is 11.6 Å². The maximum Gasteiger partial charge on any atom is 0.352 e. The van der Waals surface area contributed by atoms with E-state index < -0.39 is 63.8 Å². The van der Waals surface area contributed by atoms with Crippen molar-refractivity contribution >= 4 is 11.6 Å². The van der Waals surface area contributed by atoms with Gasteiger partial charge >= 0.3 is 12.2 Å². The molecule has 0 spiro atoms. The molecule has 0 aromatic heterocycles. The number of nitrogens with zero attached hydrogens (tertiary/aromatic N) is 1. The van der Waals surface area contributed by atoms with Gasteiger partial charge in [-0.05, 0) is 30.0 Å². The lowest BCUT2D eigenvalue weighted by atomic mass is 9.46. The largest absolute Gasteiger partial charge is 0.360 e. The molecule has 0 saturated heterocycles. The van der Waals surface area contributed by atoms with Crippen LogP contribution in [0.4, 0.5) is 0 Å². The molecule has 1 unspecified atom stereocenters. The van der Waals surface area contributed by atoms with E-state index in [0.29, 0.717) is 0 Å². The van der Waals surface area contributed by atoms with Crippen molar-refractivity contribution in [2.45, 2.75) is 61.3 Å². The third-order valence-corrected chi connectivity index (χ3v) is 5.78. The Kier molecular flexibility index (Phi) is 6.36. The molecule has 1 fully saturated rings. The molecule has 2 rings (SSSR count). The number of rotatable bonds is 7. The molecule has 13 nitrogen and oxygen atoms in total. The summed E-state index contributed by atoms with van der Waals surface area (Å²) in [7, 11) is 0. The molecule has 0 heterocycles.